The van der Waals surface area contributed by atoms with Crippen LogP contribution in [0.25, 0.3) is 0 Å². The molecular weight excluding hydrogens is 296 g/mol. The van der Waals surface area contributed by atoms with E-state index in [9.17, 15) is 9.90 Å². The highest BCUT2D eigenvalue weighted by Crippen LogP contribution is 2.11. The molecule has 0 saturated carbocycles. The molecule has 3 atom stereocenters. The van der Waals surface area contributed by atoms with Gasteiger partial charge in [-0.15, -0.1) is 0 Å². The summed E-state index contributed by atoms with van der Waals surface area (Å²) in [6.45, 7) is 9.49. The zero-order valence-corrected chi connectivity index (χ0v) is 14.1. The van der Waals surface area contributed by atoms with E-state index in [1.54, 1.807) is 13.8 Å². The highest BCUT2D eigenvalue weighted by atomic mass is 16.5. The monoisotopic (exact) mass is 320 g/mol. The Labute approximate surface area is 136 Å². The van der Waals surface area contributed by atoms with Crippen LogP contribution < -0.4 is 5.56 Å². The quantitative estimate of drug-likeness (QED) is 0.852. The first-order chi connectivity index (χ1) is 10.8. The Bertz CT molecular complexity index is 655. The SMILES string of the molecule is Cc1nn(CC(O)CN2CC(C)OC(C)C2)c(=O)c(C#N)c1C. The number of aliphatic hydroxyl groups is 1. The number of nitrogens with zero attached hydrogens (tertiary/aromatic N) is 4. The molecule has 1 fully saturated rings. The molecule has 1 N–H and O–H groups in total. The van der Waals surface area contributed by atoms with Gasteiger partial charge in [-0.05, 0) is 33.3 Å². The molecule has 7 heteroatoms. The Morgan fingerprint density at radius 1 is 1.35 bits per heavy atom. The van der Waals surface area contributed by atoms with Gasteiger partial charge in [-0.25, -0.2) is 4.68 Å². The molecule has 0 aromatic carbocycles. The molecule has 1 aliphatic heterocycles. The highest BCUT2D eigenvalue weighted by Gasteiger charge is 2.24. The summed E-state index contributed by atoms with van der Waals surface area (Å²) in [5.74, 6) is 0. The van der Waals surface area contributed by atoms with Gasteiger partial charge >= 0.3 is 0 Å². The van der Waals surface area contributed by atoms with Crippen LogP contribution in [0.5, 0.6) is 0 Å². The number of rotatable bonds is 4. The van der Waals surface area contributed by atoms with Crippen LogP contribution in [0, 0.1) is 25.2 Å². The second-order valence-corrected chi connectivity index (χ2v) is 6.31. The summed E-state index contributed by atoms with van der Waals surface area (Å²) < 4.78 is 6.86. The van der Waals surface area contributed by atoms with Crippen molar-refractivity contribution in [1.82, 2.24) is 14.7 Å². The minimum atomic E-state index is -0.730. The Morgan fingerprint density at radius 2 is 1.96 bits per heavy atom. The zero-order valence-electron chi connectivity index (χ0n) is 14.1. The molecule has 2 heterocycles. The first-order valence-corrected chi connectivity index (χ1v) is 7.86. The van der Waals surface area contributed by atoms with E-state index in [2.05, 4.69) is 10.00 Å². The minimum absolute atomic E-state index is 0.0781. The smallest absolute Gasteiger partial charge is 0.285 e. The maximum Gasteiger partial charge on any atom is 0.285 e. The van der Waals surface area contributed by atoms with E-state index in [1.807, 2.05) is 19.9 Å². The van der Waals surface area contributed by atoms with Crippen LogP contribution in [0.3, 0.4) is 0 Å². The molecule has 7 nitrogen and oxygen atoms in total. The van der Waals surface area contributed by atoms with Gasteiger partial charge in [0.2, 0.25) is 0 Å². The zero-order chi connectivity index (χ0) is 17.1. The molecule has 1 aliphatic rings. The normalized spacial score (nSPS) is 23.5. The molecular formula is C16H24N4O3. The predicted octanol–water partition coefficient (Wildman–Crippen LogP) is 0.202. The fourth-order valence-electron chi connectivity index (χ4n) is 3.02. The molecule has 1 aromatic rings. The molecule has 1 aromatic heterocycles. The summed E-state index contributed by atoms with van der Waals surface area (Å²) in [4.78, 5) is 14.4. The van der Waals surface area contributed by atoms with Crippen LogP contribution in [-0.4, -0.2) is 57.7 Å². The topological polar surface area (TPSA) is 91.4 Å². The number of aryl methyl sites for hydroxylation is 1. The van der Waals surface area contributed by atoms with Crippen LogP contribution in [0.1, 0.15) is 30.7 Å². The maximum absolute atomic E-state index is 12.2. The summed E-state index contributed by atoms with van der Waals surface area (Å²) in [6, 6.07) is 1.93. The molecule has 0 amide bonds. The molecule has 0 radical (unpaired) electrons. The lowest BCUT2D eigenvalue weighted by molar-refractivity contribution is -0.0775. The fourth-order valence-corrected chi connectivity index (χ4v) is 3.02. The number of hydrogen-bond acceptors (Lipinski definition) is 6. The van der Waals surface area contributed by atoms with Crippen LogP contribution in [-0.2, 0) is 11.3 Å². The molecule has 3 unspecified atom stereocenters. The van der Waals surface area contributed by atoms with Crippen molar-refractivity contribution in [3.05, 3.63) is 27.2 Å². The van der Waals surface area contributed by atoms with Gasteiger partial charge in [0, 0.05) is 19.6 Å². The fraction of sp³-hybridized carbons (Fsp3) is 0.688. The van der Waals surface area contributed by atoms with Gasteiger partial charge in [-0.3, -0.25) is 9.69 Å². The van der Waals surface area contributed by atoms with Gasteiger partial charge in [0.05, 0.1) is 30.6 Å². The maximum atomic E-state index is 12.2. The van der Waals surface area contributed by atoms with Crippen molar-refractivity contribution < 1.29 is 9.84 Å². The first-order valence-electron chi connectivity index (χ1n) is 7.86. The average Bonchev–Trinajstić information content (AvgIpc) is 2.44. The van der Waals surface area contributed by atoms with Crippen LogP contribution in [0.4, 0.5) is 0 Å². The molecule has 0 aliphatic carbocycles. The van der Waals surface area contributed by atoms with Gasteiger partial charge in [0.25, 0.3) is 5.56 Å². The highest BCUT2D eigenvalue weighted by molar-refractivity contribution is 5.36. The second kappa shape index (κ2) is 7.21. The molecule has 0 bridgehead atoms. The van der Waals surface area contributed by atoms with Crippen molar-refractivity contribution >= 4 is 0 Å². The summed E-state index contributed by atoms with van der Waals surface area (Å²) in [5, 5.41) is 23.6. The summed E-state index contributed by atoms with van der Waals surface area (Å²) in [6.07, 6.45) is -0.483. The van der Waals surface area contributed by atoms with Crippen LogP contribution in [0.2, 0.25) is 0 Å². The van der Waals surface area contributed by atoms with Crippen LogP contribution in [0.15, 0.2) is 4.79 Å². The molecule has 0 spiro atoms. The number of aliphatic hydroxyl groups excluding tert-OH is 1. The third kappa shape index (κ3) is 4.16. The van der Waals surface area contributed by atoms with Gasteiger partial charge in [0.15, 0.2) is 0 Å². The lowest BCUT2D eigenvalue weighted by Crippen LogP contribution is -2.49. The second-order valence-electron chi connectivity index (χ2n) is 6.31. The number of morpholine rings is 1. The number of β-amino-alcohol motifs (C(OH)–C–C–N with tert-alkyl or cyclic N) is 1. The largest absolute Gasteiger partial charge is 0.390 e. The Morgan fingerprint density at radius 3 is 2.52 bits per heavy atom. The van der Waals surface area contributed by atoms with E-state index in [4.69, 9.17) is 10.00 Å². The van der Waals surface area contributed by atoms with Gasteiger partial charge in [-0.1, -0.05) is 0 Å². The van der Waals surface area contributed by atoms with Crippen molar-refractivity contribution in [3.8, 4) is 6.07 Å². The average molecular weight is 320 g/mol. The van der Waals surface area contributed by atoms with Crippen molar-refractivity contribution in [2.75, 3.05) is 19.6 Å². The standard InChI is InChI=1S/C16H24N4O3/c1-10-6-19(7-11(2)23-10)8-14(21)9-20-16(22)15(5-17)12(3)13(4)18-20/h10-11,14,21H,6-9H2,1-4H3. The van der Waals surface area contributed by atoms with E-state index in [-0.39, 0.29) is 24.3 Å². The Hall–Kier alpha value is -1.75. The van der Waals surface area contributed by atoms with Gasteiger partial charge in [0.1, 0.15) is 11.6 Å². The number of aromatic nitrogens is 2. The van der Waals surface area contributed by atoms with E-state index in [1.165, 1.54) is 4.68 Å². The number of hydrogen-bond donors (Lipinski definition) is 1. The van der Waals surface area contributed by atoms with Crippen molar-refractivity contribution in [3.63, 3.8) is 0 Å². The first kappa shape index (κ1) is 17.6. The Balaban J connectivity index is 2.09. The molecule has 126 valence electrons. The predicted molar refractivity (Wildman–Crippen MR) is 85.1 cm³/mol. The van der Waals surface area contributed by atoms with Crippen molar-refractivity contribution in [2.45, 2.75) is 52.6 Å². The van der Waals surface area contributed by atoms with Gasteiger partial charge in [-0.2, -0.15) is 10.4 Å². The summed E-state index contributed by atoms with van der Waals surface area (Å²) in [5.41, 5.74) is 0.873. The number of nitriles is 1. The lowest BCUT2D eigenvalue weighted by atomic mass is 10.1. The van der Waals surface area contributed by atoms with Crippen LogP contribution >= 0.6 is 0 Å². The third-order valence-electron chi connectivity index (χ3n) is 4.10. The van der Waals surface area contributed by atoms with Crippen molar-refractivity contribution in [2.24, 2.45) is 0 Å². The van der Waals surface area contributed by atoms with Crippen molar-refractivity contribution in [1.29, 1.82) is 5.26 Å². The minimum Gasteiger partial charge on any atom is -0.390 e. The molecule has 2 rings (SSSR count). The van der Waals surface area contributed by atoms with E-state index < -0.39 is 11.7 Å². The van der Waals surface area contributed by atoms with E-state index >= 15 is 0 Å². The Kier molecular flexibility index (Phi) is 5.52. The third-order valence-corrected chi connectivity index (χ3v) is 4.10. The van der Waals surface area contributed by atoms with E-state index in [0.29, 0.717) is 17.8 Å². The van der Waals surface area contributed by atoms with Gasteiger partial charge < -0.3 is 9.84 Å². The number of ether oxygens (including phenoxy) is 1. The summed E-state index contributed by atoms with van der Waals surface area (Å²) >= 11 is 0. The lowest BCUT2D eigenvalue weighted by Gasteiger charge is -2.36. The van der Waals surface area contributed by atoms with E-state index in [0.717, 1.165) is 13.1 Å². The summed E-state index contributed by atoms with van der Waals surface area (Å²) in [7, 11) is 0. The molecule has 1 saturated heterocycles. The molecule has 23 heavy (non-hydrogen) atoms.